The van der Waals surface area contributed by atoms with Gasteiger partial charge in [-0.15, -0.1) is 11.3 Å². The van der Waals surface area contributed by atoms with E-state index in [0.717, 1.165) is 11.3 Å². The number of hydrogen-bond acceptors (Lipinski definition) is 8. The topological polar surface area (TPSA) is 143 Å². The van der Waals surface area contributed by atoms with Crippen LogP contribution >= 0.6 is 11.3 Å². The predicted molar refractivity (Wildman–Crippen MR) is 97.6 cm³/mol. The zero-order valence-electron chi connectivity index (χ0n) is 14.0. The van der Waals surface area contributed by atoms with E-state index >= 15 is 0 Å². The van der Waals surface area contributed by atoms with Crippen molar-refractivity contribution in [2.45, 2.75) is 20.0 Å². The summed E-state index contributed by atoms with van der Waals surface area (Å²) in [4.78, 5) is 36.1. The first kappa shape index (κ1) is 19.2. The normalized spacial score (nSPS) is 10.3. The number of hydrogen-bond donors (Lipinski definition) is 5. The Morgan fingerprint density at radius 2 is 1.92 bits per heavy atom. The maximum Gasteiger partial charge on any atom is 0.414 e. The summed E-state index contributed by atoms with van der Waals surface area (Å²) < 4.78 is 4.85. The maximum absolute atomic E-state index is 12.4. The molecule has 2 aromatic rings. The first-order valence-electron chi connectivity index (χ1n) is 7.52. The van der Waals surface area contributed by atoms with Crippen molar-refractivity contribution in [2.75, 3.05) is 16.5 Å². The molecule has 3 amide bonds. The zero-order valence-corrected chi connectivity index (χ0v) is 14.8. The molecule has 138 valence electrons. The molecule has 0 atom stereocenters. The fourth-order valence-electron chi connectivity index (χ4n) is 1.96. The average Bonchev–Trinajstić information content (AvgIpc) is 3.02. The van der Waals surface area contributed by atoms with Gasteiger partial charge in [-0.2, -0.15) is 0 Å². The minimum absolute atomic E-state index is 0.125. The fraction of sp³-hybridized carbons (Fsp3) is 0.188. The van der Waals surface area contributed by atoms with Gasteiger partial charge in [0, 0.05) is 5.56 Å². The number of benzene rings is 1. The van der Waals surface area contributed by atoms with Gasteiger partial charge >= 0.3 is 6.09 Å². The van der Waals surface area contributed by atoms with Crippen molar-refractivity contribution >= 4 is 45.6 Å². The second-order valence-corrected chi connectivity index (χ2v) is 6.36. The van der Waals surface area contributed by atoms with E-state index in [-0.39, 0.29) is 33.6 Å². The van der Waals surface area contributed by atoms with Gasteiger partial charge < -0.3 is 15.8 Å². The first-order chi connectivity index (χ1) is 12.3. The molecule has 26 heavy (non-hydrogen) atoms. The van der Waals surface area contributed by atoms with Crippen LogP contribution in [-0.2, 0) is 4.74 Å². The van der Waals surface area contributed by atoms with Gasteiger partial charge in [0.25, 0.3) is 11.8 Å². The highest BCUT2D eigenvalue weighted by atomic mass is 32.1. The summed E-state index contributed by atoms with van der Waals surface area (Å²) >= 11 is 1.12. The highest BCUT2D eigenvalue weighted by Crippen LogP contribution is 2.25. The third-order valence-electron chi connectivity index (χ3n) is 3.13. The van der Waals surface area contributed by atoms with Crippen LogP contribution in [0.1, 0.15) is 34.6 Å². The molecule has 1 aromatic carbocycles. The fourth-order valence-corrected chi connectivity index (χ4v) is 2.74. The Morgan fingerprint density at radius 1 is 1.19 bits per heavy atom. The van der Waals surface area contributed by atoms with E-state index in [4.69, 9.17) is 15.7 Å². The Balaban J connectivity index is 2.12. The molecule has 1 aromatic heterocycles. The second-order valence-electron chi connectivity index (χ2n) is 5.44. The van der Waals surface area contributed by atoms with Crippen LogP contribution in [-0.4, -0.2) is 29.2 Å². The van der Waals surface area contributed by atoms with Gasteiger partial charge in [-0.25, -0.2) is 4.79 Å². The Morgan fingerprint density at radius 3 is 2.58 bits per heavy atom. The van der Waals surface area contributed by atoms with E-state index in [1.165, 1.54) is 24.3 Å². The third kappa shape index (κ3) is 4.71. The Labute approximate surface area is 153 Å². The van der Waals surface area contributed by atoms with Crippen LogP contribution in [0.2, 0.25) is 0 Å². The van der Waals surface area contributed by atoms with Crippen LogP contribution in [0.15, 0.2) is 29.6 Å². The molecule has 10 heteroatoms. The Kier molecular flexibility index (Phi) is 6.15. The number of anilines is 3. The van der Waals surface area contributed by atoms with Gasteiger partial charge in [-0.3, -0.25) is 25.6 Å². The standard InChI is InChI=1S/C16H18N4O5S/c1-8(2)25-16(23)19-14(22)10-5-6-26-15(10)18-13(21)9-3-4-11(17)12(7-9)20-24/h3-8,20,24H,17H2,1-2H3,(H,18,21)(H,19,22,23). The van der Waals surface area contributed by atoms with Crippen LogP contribution in [0.4, 0.5) is 21.2 Å². The van der Waals surface area contributed by atoms with E-state index in [0.29, 0.717) is 0 Å². The molecule has 2 rings (SSSR count). The molecule has 6 N–H and O–H groups in total. The van der Waals surface area contributed by atoms with Crippen molar-refractivity contribution in [3.05, 3.63) is 40.8 Å². The summed E-state index contributed by atoms with van der Waals surface area (Å²) in [5, 5.41) is 15.5. The number of rotatable bonds is 5. The van der Waals surface area contributed by atoms with Crippen molar-refractivity contribution in [3.8, 4) is 0 Å². The number of alkyl carbamates (subject to hydrolysis) is 1. The summed E-state index contributed by atoms with van der Waals surface area (Å²) in [6.45, 7) is 3.31. The number of nitrogens with one attached hydrogen (secondary N) is 3. The number of nitrogen functional groups attached to an aromatic ring is 1. The zero-order chi connectivity index (χ0) is 19.3. The van der Waals surface area contributed by atoms with Crippen LogP contribution in [0.3, 0.4) is 0 Å². The largest absolute Gasteiger partial charge is 0.447 e. The monoisotopic (exact) mass is 378 g/mol. The number of imide groups is 1. The van der Waals surface area contributed by atoms with Crippen molar-refractivity contribution in [2.24, 2.45) is 0 Å². The summed E-state index contributed by atoms with van der Waals surface area (Å²) in [6, 6.07) is 5.76. The van der Waals surface area contributed by atoms with Crippen molar-refractivity contribution in [3.63, 3.8) is 0 Å². The number of amides is 3. The van der Waals surface area contributed by atoms with Gasteiger partial charge in [0.15, 0.2) is 0 Å². The first-order valence-corrected chi connectivity index (χ1v) is 8.40. The van der Waals surface area contributed by atoms with E-state index in [1.54, 1.807) is 19.2 Å². The van der Waals surface area contributed by atoms with Gasteiger partial charge in [0.05, 0.1) is 23.0 Å². The van der Waals surface area contributed by atoms with Gasteiger partial charge in [-0.1, -0.05) is 0 Å². The number of carbonyl (C=O) groups excluding carboxylic acids is 3. The number of nitrogens with two attached hydrogens (primary N) is 1. The van der Waals surface area contributed by atoms with E-state index < -0.39 is 17.9 Å². The number of ether oxygens (including phenoxy) is 1. The van der Waals surface area contributed by atoms with Crippen LogP contribution in [0.5, 0.6) is 0 Å². The maximum atomic E-state index is 12.4. The molecule has 9 nitrogen and oxygen atoms in total. The molecule has 0 spiro atoms. The number of thiophene rings is 1. The molecule has 0 bridgehead atoms. The van der Waals surface area contributed by atoms with Crippen molar-refractivity contribution in [1.29, 1.82) is 0 Å². The summed E-state index contributed by atoms with van der Waals surface area (Å²) in [7, 11) is 0. The second kappa shape index (κ2) is 8.32. The molecule has 0 aliphatic heterocycles. The van der Waals surface area contributed by atoms with Crippen molar-refractivity contribution in [1.82, 2.24) is 5.32 Å². The average molecular weight is 378 g/mol. The van der Waals surface area contributed by atoms with E-state index in [1.807, 2.05) is 5.48 Å². The molecule has 0 fully saturated rings. The minimum atomic E-state index is -0.870. The van der Waals surface area contributed by atoms with Gasteiger partial charge in [0.2, 0.25) is 0 Å². The molecule has 0 aliphatic carbocycles. The SMILES string of the molecule is CC(C)OC(=O)NC(=O)c1ccsc1NC(=O)c1ccc(N)c(NO)c1. The molecule has 0 unspecified atom stereocenters. The summed E-state index contributed by atoms with van der Waals surface area (Å²) in [6.07, 6.45) is -1.24. The quantitative estimate of drug-likeness (QED) is 0.397. The summed E-state index contributed by atoms with van der Waals surface area (Å²) in [5.74, 6) is -1.20. The third-order valence-corrected chi connectivity index (χ3v) is 3.96. The smallest absolute Gasteiger partial charge is 0.414 e. The number of carbonyl (C=O) groups is 3. The lowest BCUT2D eigenvalue weighted by atomic mass is 10.1. The van der Waals surface area contributed by atoms with Crippen molar-refractivity contribution < 1.29 is 24.3 Å². The van der Waals surface area contributed by atoms with E-state index in [2.05, 4.69) is 10.6 Å². The Hall–Kier alpha value is -3.11. The van der Waals surface area contributed by atoms with Crippen LogP contribution < -0.4 is 21.8 Å². The molecule has 0 saturated carbocycles. The van der Waals surface area contributed by atoms with Crippen LogP contribution in [0.25, 0.3) is 0 Å². The molecule has 0 radical (unpaired) electrons. The van der Waals surface area contributed by atoms with E-state index in [9.17, 15) is 14.4 Å². The lowest BCUT2D eigenvalue weighted by molar-refractivity contribution is 0.0877. The lowest BCUT2D eigenvalue weighted by Crippen LogP contribution is -2.32. The molecule has 0 saturated heterocycles. The summed E-state index contributed by atoms with van der Waals surface area (Å²) in [5.41, 5.74) is 8.32. The molecular formula is C16H18N4O5S. The molecular weight excluding hydrogens is 360 g/mol. The lowest BCUT2D eigenvalue weighted by Gasteiger charge is -2.10. The van der Waals surface area contributed by atoms with Gasteiger partial charge in [-0.05, 0) is 43.5 Å². The Bertz CT molecular complexity index is 834. The van der Waals surface area contributed by atoms with Crippen LogP contribution in [0, 0.1) is 0 Å². The highest BCUT2D eigenvalue weighted by Gasteiger charge is 2.19. The van der Waals surface area contributed by atoms with Gasteiger partial charge in [0.1, 0.15) is 5.00 Å². The highest BCUT2D eigenvalue weighted by molar-refractivity contribution is 7.14. The predicted octanol–water partition coefficient (Wildman–Crippen LogP) is 2.66. The molecule has 0 aliphatic rings. The minimum Gasteiger partial charge on any atom is -0.447 e. The molecule has 1 heterocycles.